The number of anilines is 2. The second-order valence-corrected chi connectivity index (χ2v) is 12.5. The van der Waals surface area contributed by atoms with Crippen LogP contribution < -0.4 is 19.3 Å². The maximum atomic E-state index is 16.6. The summed E-state index contributed by atoms with van der Waals surface area (Å²) < 4.78 is 42.2. The fraction of sp³-hybridized carbons (Fsp3) is 0.297. The number of halogens is 3. The molecule has 0 N–H and O–H groups in total. The molecule has 0 saturated carbocycles. The van der Waals surface area contributed by atoms with Crippen molar-refractivity contribution in [2.45, 2.75) is 45.8 Å². The summed E-state index contributed by atoms with van der Waals surface area (Å²) in [5.41, 5.74) is 3.04. The van der Waals surface area contributed by atoms with Crippen LogP contribution in [0.3, 0.4) is 0 Å². The van der Waals surface area contributed by atoms with E-state index in [1.807, 2.05) is 73.3 Å². The lowest BCUT2D eigenvalue weighted by Crippen LogP contribution is -2.41. The Labute approximate surface area is 283 Å². The van der Waals surface area contributed by atoms with Crippen molar-refractivity contribution in [3.8, 4) is 28.8 Å². The molecule has 2 aromatic heterocycles. The van der Waals surface area contributed by atoms with E-state index < -0.39 is 11.9 Å². The van der Waals surface area contributed by atoms with Crippen LogP contribution in [0.25, 0.3) is 22.2 Å². The summed E-state index contributed by atoms with van der Waals surface area (Å²) in [6.45, 7) is 5.34. The second-order valence-electron chi connectivity index (χ2n) is 12.1. The molecule has 1 aliphatic heterocycles. The summed E-state index contributed by atoms with van der Waals surface area (Å²) in [5, 5.41) is 9.83. The van der Waals surface area contributed by atoms with Gasteiger partial charge in [-0.3, -0.25) is 0 Å². The third kappa shape index (κ3) is 6.83. The van der Waals surface area contributed by atoms with Crippen LogP contribution in [-0.4, -0.2) is 41.8 Å². The number of benzene rings is 3. The Morgan fingerprint density at radius 2 is 1.56 bits per heavy atom. The third-order valence-corrected chi connectivity index (χ3v) is 9.07. The Morgan fingerprint density at radius 3 is 2.12 bits per heavy atom. The Hall–Kier alpha value is -5.01. The number of rotatable bonds is 9. The minimum atomic E-state index is -1.04. The number of aryl methyl sites for hydroxylation is 1. The molecule has 48 heavy (non-hydrogen) atoms. The Morgan fingerprint density at radius 1 is 0.938 bits per heavy atom. The van der Waals surface area contributed by atoms with Crippen LogP contribution in [0.2, 0.25) is 5.02 Å². The Bertz CT molecular complexity index is 1940. The molecule has 8 nitrogen and oxygen atoms in total. The molecule has 1 fully saturated rings. The zero-order valence-corrected chi connectivity index (χ0v) is 27.9. The second kappa shape index (κ2) is 14.0. The Kier molecular flexibility index (Phi) is 9.60. The molecule has 0 radical (unpaired) electrons. The normalized spacial score (nSPS) is 16.1. The first-order valence-corrected chi connectivity index (χ1v) is 16.1. The summed E-state index contributed by atoms with van der Waals surface area (Å²) in [4.78, 5) is 16.9. The smallest absolute Gasteiger partial charge is 0.311 e. The van der Waals surface area contributed by atoms with Gasteiger partial charge in [-0.05, 0) is 85.8 Å². The predicted molar refractivity (Wildman–Crippen MR) is 183 cm³/mol. The molecule has 1 saturated heterocycles. The van der Waals surface area contributed by atoms with E-state index in [1.54, 1.807) is 26.4 Å². The van der Waals surface area contributed by atoms with Crippen molar-refractivity contribution in [2.75, 3.05) is 30.6 Å². The summed E-state index contributed by atoms with van der Waals surface area (Å²) >= 11 is 6.85. The van der Waals surface area contributed by atoms with Crippen molar-refractivity contribution in [1.29, 1.82) is 5.26 Å². The largest absolute Gasteiger partial charge is 0.497 e. The molecule has 0 spiro atoms. The maximum Gasteiger partial charge on any atom is 0.311 e. The highest BCUT2D eigenvalue weighted by atomic mass is 35.5. The number of hydrogen-bond acceptors (Lipinski definition) is 8. The zero-order chi connectivity index (χ0) is 33.9. The van der Waals surface area contributed by atoms with Gasteiger partial charge in [0.25, 0.3) is 0 Å². The zero-order valence-electron chi connectivity index (χ0n) is 27.2. The first kappa shape index (κ1) is 32.9. The van der Waals surface area contributed by atoms with Crippen molar-refractivity contribution in [2.24, 2.45) is 5.92 Å². The molecule has 1 aliphatic rings. The molecule has 11 heteroatoms. The lowest BCUT2D eigenvalue weighted by Gasteiger charge is -2.36. The topological polar surface area (TPSA) is 87.4 Å². The van der Waals surface area contributed by atoms with Crippen molar-refractivity contribution >= 4 is 34.1 Å². The molecule has 2 atom stereocenters. The van der Waals surface area contributed by atoms with E-state index in [1.165, 1.54) is 0 Å². The fourth-order valence-electron chi connectivity index (χ4n) is 6.27. The minimum Gasteiger partial charge on any atom is -0.497 e. The number of ether oxygens (including phenoxy) is 2. The quantitative estimate of drug-likeness (QED) is 0.145. The van der Waals surface area contributed by atoms with Crippen molar-refractivity contribution in [1.82, 2.24) is 15.0 Å². The van der Waals surface area contributed by atoms with Crippen LogP contribution in [0.4, 0.5) is 20.4 Å². The van der Waals surface area contributed by atoms with Gasteiger partial charge in [-0.25, -0.2) is 9.37 Å². The maximum absolute atomic E-state index is 16.6. The average molecular weight is 669 g/mol. The Balaban J connectivity index is 1.42. The van der Waals surface area contributed by atoms with Gasteiger partial charge in [0.2, 0.25) is 0 Å². The fourth-order valence-corrected chi connectivity index (χ4v) is 6.56. The molecular weight excluding hydrogens is 634 g/mol. The number of hydrogen-bond donors (Lipinski definition) is 0. The lowest BCUT2D eigenvalue weighted by atomic mass is 9.92. The molecule has 0 aliphatic carbocycles. The summed E-state index contributed by atoms with van der Waals surface area (Å²) in [6.07, 6.45) is 0.154. The molecule has 6 rings (SSSR count). The van der Waals surface area contributed by atoms with Gasteiger partial charge in [0.05, 0.1) is 36.6 Å². The van der Waals surface area contributed by atoms with Crippen molar-refractivity contribution in [3.05, 3.63) is 100 Å². The van der Waals surface area contributed by atoms with E-state index in [2.05, 4.69) is 20.9 Å². The average Bonchev–Trinajstić information content (AvgIpc) is 3.08. The molecule has 0 amide bonds. The van der Waals surface area contributed by atoms with E-state index in [0.717, 1.165) is 28.2 Å². The molecule has 3 aromatic carbocycles. The van der Waals surface area contributed by atoms with Crippen LogP contribution in [0.5, 0.6) is 11.5 Å². The lowest BCUT2D eigenvalue weighted by molar-refractivity contribution is 0.412. The van der Waals surface area contributed by atoms with Gasteiger partial charge in [-0.1, -0.05) is 35.9 Å². The monoisotopic (exact) mass is 668 g/mol. The number of aromatic nitrogens is 3. The number of methoxy groups -OCH3 is 2. The van der Waals surface area contributed by atoms with E-state index in [9.17, 15) is 9.65 Å². The molecule has 0 unspecified atom stereocenters. The van der Waals surface area contributed by atoms with Crippen LogP contribution in [0.15, 0.2) is 66.7 Å². The van der Waals surface area contributed by atoms with Crippen molar-refractivity contribution < 1.29 is 18.3 Å². The van der Waals surface area contributed by atoms with E-state index in [0.29, 0.717) is 49.4 Å². The van der Waals surface area contributed by atoms with E-state index in [4.69, 9.17) is 26.1 Å². The SMILES string of the molecule is COc1ccc(CN(Cc2ccc(OC)cc2)c2cc(C)cc(-c3c(Cl)cc4c(N5CC[C@@H](C#N)C[C@@H]5C)nc(F)nc4c3F)n2)cc1. The summed E-state index contributed by atoms with van der Waals surface area (Å²) in [7, 11) is 3.25. The van der Waals surface area contributed by atoms with Crippen LogP contribution in [0.1, 0.15) is 36.5 Å². The number of nitrogens with zero attached hydrogens (tertiary/aromatic N) is 6. The molecule has 5 aromatic rings. The van der Waals surface area contributed by atoms with Gasteiger partial charge in [-0.2, -0.15) is 19.6 Å². The molecule has 246 valence electrons. The predicted octanol–water partition coefficient (Wildman–Crippen LogP) is 8.28. The highest BCUT2D eigenvalue weighted by Crippen LogP contribution is 2.40. The first-order valence-electron chi connectivity index (χ1n) is 15.7. The first-order chi connectivity index (χ1) is 23.2. The third-order valence-electron chi connectivity index (χ3n) is 8.77. The van der Waals surface area contributed by atoms with Gasteiger partial charge < -0.3 is 19.3 Å². The summed E-state index contributed by atoms with van der Waals surface area (Å²) in [5.74, 6) is 1.50. The van der Waals surface area contributed by atoms with Crippen LogP contribution in [0, 0.1) is 36.1 Å². The van der Waals surface area contributed by atoms with Gasteiger partial charge in [0.15, 0.2) is 5.82 Å². The van der Waals surface area contributed by atoms with Gasteiger partial charge in [-0.15, -0.1) is 0 Å². The highest BCUT2D eigenvalue weighted by molar-refractivity contribution is 6.34. The number of fused-ring (bicyclic) bond motifs is 1. The van der Waals surface area contributed by atoms with Gasteiger partial charge in [0.1, 0.15) is 28.7 Å². The number of pyridine rings is 1. The minimum absolute atomic E-state index is 0.0308. The summed E-state index contributed by atoms with van der Waals surface area (Å²) in [6, 6.07) is 23.1. The number of piperidine rings is 1. The van der Waals surface area contributed by atoms with Gasteiger partial charge >= 0.3 is 6.08 Å². The standard InChI is InChI=1S/C37H35ClF2N6O2/c1-22-15-31(33-30(38)18-29-35(34(33)39)43-37(40)44-36(29)46-14-13-26(19-41)17-23(46)2)42-32(16-22)45(20-24-5-9-27(47-3)10-6-24)21-25-7-11-28(48-4)12-8-25/h5-12,15-16,18,23,26H,13-14,17,20-21H2,1-4H3/t23-,26+/m0/s1. The van der Waals surface area contributed by atoms with Crippen LogP contribution >= 0.6 is 11.6 Å². The van der Waals surface area contributed by atoms with Gasteiger partial charge in [0, 0.05) is 37.0 Å². The molecule has 0 bridgehead atoms. The highest BCUT2D eigenvalue weighted by Gasteiger charge is 2.30. The molecular formula is C37H35ClF2N6O2. The van der Waals surface area contributed by atoms with E-state index >= 15 is 4.39 Å². The van der Waals surface area contributed by atoms with E-state index in [-0.39, 0.29) is 33.9 Å². The number of nitriles is 1. The van der Waals surface area contributed by atoms with Crippen LogP contribution in [-0.2, 0) is 13.1 Å². The molecule has 3 heterocycles. The van der Waals surface area contributed by atoms with Crippen molar-refractivity contribution in [3.63, 3.8) is 0 Å².